The van der Waals surface area contributed by atoms with Gasteiger partial charge in [0.05, 0.1) is 11.4 Å². The molecule has 0 aromatic carbocycles. The normalized spacial score (nSPS) is 20.4. The number of aromatic nitrogens is 1. The van der Waals surface area contributed by atoms with Crippen molar-refractivity contribution in [1.29, 1.82) is 0 Å². The van der Waals surface area contributed by atoms with E-state index in [1.54, 1.807) is 0 Å². The topological polar surface area (TPSA) is 47.0 Å². The highest BCUT2D eigenvalue weighted by molar-refractivity contribution is 7.80. The van der Waals surface area contributed by atoms with Crippen LogP contribution in [0.4, 0.5) is 5.69 Å². The molecule has 1 aromatic heterocycles. The summed E-state index contributed by atoms with van der Waals surface area (Å²) in [6.07, 6.45) is 2.69. The number of thiocarbonyl (C=S) groups is 1. The fourth-order valence-corrected chi connectivity index (χ4v) is 3.40. The highest BCUT2D eigenvalue weighted by Gasteiger charge is 2.22. The number of hydrogen-bond donors (Lipinski definition) is 1. The van der Waals surface area contributed by atoms with Gasteiger partial charge in [-0.1, -0.05) is 0 Å². The largest absolute Gasteiger partial charge is 0.372 e. The van der Waals surface area contributed by atoms with E-state index in [0.717, 1.165) is 56.2 Å². The van der Waals surface area contributed by atoms with Gasteiger partial charge in [-0.05, 0) is 38.2 Å². The average Bonchev–Trinajstić information content (AvgIpc) is 2.61. The molecule has 0 saturated carbocycles. The molecule has 7 heteroatoms. The van der Waals surface area contributed by atoms with Crippen LogP contribution in [0.1, 0.15) is 26.0 Å². The van der Waals surface area contributed by atoms with Crippen LogP contribution in [0, 0.1) is 0 Å². The van der Waals surface area contributed by atoms with Gasteiger partial charge in [-0.15, -0.1) is 0 Å². The maximum Gasteiger partial charge on any atom is 0.189 e. The van der Waals surface area contributed by atoms with E-state index in [0.29, 0.717) is 11.2 Å². The number of fused-ring (bicyclic) bond motifs is 1. The second kappa shape index (κ2) is 7.44. The second-order valence-electron chi connectivity index (χ2n) is 6.63. The Balaban J connectivity index is 1.62. The van der Waals surface area contributed by atoms with Gasteiger partial charge in [-0.3, -0.25) is 15.3 Å². The Morgan fingerprint density at radius 2 is 2.00 bits per heavy atom. The highest BCUT2D eigenvalue weighted by atomic mass is 32.1. The minimum absolute atomic E-state index is 0.593. The zero-order valence-corrected chi connectivity index (χ0v) is 15.5. The van der Waals surface area contributed by atoms with Crippen LogP contribution in [-0.4, -0.2) is 71.4 Å². The lowest BCUT2D eigenvalue weighted by Crippen LogP contribution is -2.52. The van der Waals surface area contributed by atoms with Crippen LogP contribution < -0.4 is 10.3 Å². The maximum absolute atomic E-state index is 5.53. The maximum atomic E-state index is 5.53. The molecule has 130 valence electrons. The van der Waals surface area contributed by atoms with Crippen LogP contribution in [0.5, 0.6) is 0 Å². The van der Waals surface area contributed by atoms with Crippen molar-refractivity contribution in [1.82, 2.24) is 20.2 Å². The SMILES string of the molecule is CC(C)N1CCN(C(=S)N/N=C2/CCN(C)c3cccnc32)CC1. The van der Waals surface area contributed by atoms with Crippen LogP contribution in [0.25, 0.3) is 0 Å². The molecule has 1 N–H and O–H groups in total. The van der Waals surface area contributed by atoms with Crippen molar-refractivity contribution in [3.8, 4) is 0 Å². The number of piperazine rings is 1. The first-order valence-electron chi connectivity index (χ1n) is 8.58. The summed E-state index contributed by atoms with van der Waals surface area (Å²) in [7, 11) is 2.09. The predicted molar refractivity (Wildman–Crippen MR) is 103 cm³/mol. The zero-order valence-electron chi connectivity index (χ0n) is 14.7. The Labute approximate surface area is 149 Å². The van der Waals surface area contributed by atoms with Gasteiger partial charge in [0.25, 0.3) is 0 Å². The molecule has 2 aliphatic heterocycles. The monoisotopic (exact) mass is 346 g/mol. The Bertz CT molecular complexity index is 621. The molecule has 0 spiro atoms. The first-order chi connectivity index (χ1) is 11.6. The van der Waals surface area contributed by atoms with Crippen molar-refractivity contribution in [2.45, 2.75) is 26.3 Å². The minimum atomic E-state index is 0.593. The second-order valence-corrected chi connectivity index (χ2v) is 7.02. The van der Waals surface area contributed by atoms with Crippen molar-refractivity contribution < 1.29 is 0 Å². The Kier molecular flexibility index (Phi) is 5.30. The number of pyridine rings is 1. The summed E-state index contributed by atoms with van der Waals surface area (Å²) in [5, 5.41) is 5.28. The summed E-state index contributed by atoms with van der Waals surface area (Å²) in [5.74, 6) is 0. The summed E-state index contributed by atoms with van der Waals surface area (Å²) in [5.41, 5.74) is 6.14. The number of nitrogens with zero attached hydrogens (tertiary/aromatic N) is 5. The summed E-state index contributed by atoms with van der Waals surface area (Å²) >= 11 is 5.53. The summed E-state index contributed by atoms with van der Waals surface area (Å²) < 4.78 is 0. The predicted octanol–water partition coefficient (Wildman–Crippen LogP) is 1.53. The lowest BCUT2D eigenvalue weighted by molar-refractivity contribution is 0.148. The van der Waals surface area contributed by atoms with E-state index in [4.69, 9.17) is 12.2 Å². The molecule has 3 heterocycles. The molecule has 0 radical (unpaired) electrons. The summed E-state index contributed by atoms with van der Waals surface area (Å²) in [6, 6.07) is 4.64. The molecule has 1 fully saturated rings. The quantitative estimate of drug-likeness (QED) is 0.647. The summed E-state index contributed by atoms with van der Waals surface area (Å²) in [4.78, 5) is 11.4. The molecule has 24 heavy (non-hydrogen) atoms. The minimum Gasteiger partial charge on any atom is -0.372 e. The molecule has 0 amide bonds. The Morgan fingerprint density at radius 1 is 1.25 bits per heavy atom. The first kappa shape index (κ1) is 17.1. The molecule has 0 aliphatic carbocycles. The van der Waals surface area contributed by atoms with E-state index >= 15 is 0 Å². The van der Waals surface area contributed by atoms with E-state index in [1.807, 2.05) is 12.3 Å². The molecule has 0 bridgehead atoms. The molecule has 0 atom stereocenters. The van der Waals surface area contributed by atoms with Crippen LogP contribution in [0.3, 0.4) is 0 Å². The van der Waals surface area contributed by atoms with Crippen molar-refractivity contribution in [3.05, 3.63) is 24.0 Å². The highest BCUT2D eigenvalue weighted by Crippen LogP contribution is 2.23. The van der Waals surface area contributed by atoms with Gasteiger partial charge in [0.15, 0.2) is 5.11 Å². The van der Waals surface area contributed by atoms with Crippen molar-refractivity contribution in [3.63, 3.8) is 0 Å². The number of anilines is 1. The molecule has 6 nitrogen and oxygen atoms in total. The molecule has 1 saturated heterocycles. The van der Waals surface area contributed by atoms with Crippen molar-refractivity contribution >= 4 is 28.7 Å². The molecular formula is C17H26N6S. The van der Waals surface area contributed by atoms with Gasteiger partial charge >= 0.3 is 0 Å². The number of hydrazone groups is 1. The lowest BCUT2D eigenvalue weighted by Gasteiger charge is -2.37. The lowest BCUT2D eigenvalue weighted by atomic mass is 10.1. The zero-order chi connectivity index (χ0) is 17.1. The van der Waals surface area contributed by atoms with E-state index < -0.39 is 0 Å². The third-order valence-corrected chi connectivity index (χ3v) is 5.12. The van der Waals surface area contributed by atoms with Gasteiger partial charge in [-0.2, -0.15) is 5.10 Å². The molecule has 3 rings (SSSR count). The average molecular weight is 347 g/mol. The fourth-order valence-electron chi connectivity index (χ4n) is 3.18. The molecule has 2 aliphatic rings. The third-order valence-electron chi connectivity index (χ3n) is 4.77. The van der Waals surface area contributed by atoms with Gasteiger partial charge in [0, 0.05) is 58.4 Å². The van der Waals surface area contributed by atoms with Gasteiger partial charge in [0.1, 0.15) is 5.69 Å². The number of rotatable bonds is 2. The van der Waals surface area contributed by atoms with Crippen molar-refractivity contribution in [2.24, 2.45) is 5.10 Å². The smallest absolute Gasteiger partial charge is 0.189 e. The Hall–Kier alpha value is -1.73. The van der Waals surface area contributed by atoms with Crippen molar-refractivity contribution in [2.75, 3.05) is 44.7 Å². The van der Waals surface area contributed by atoms with Gasteiger partial charge in [-0.25, -0.2) is 0 Å². The van der Waals surface area contributed by atoms with E-state index in [9.17, 15) is 0 Å². The fraction of sp³-hybridized carbons (Fsp3) is 0.588. The first-order valence-corrected chi connectivity index (χ1v) is 8.99. The van der Waals surface area contributed by atoms with Gasteiger partial charge in [0.2, 0.25) is 0 Å². The van der Waals surface area contributed by atoms with E-state index in [-0.39, 0.29) is 0 Å². The van der Waals surface area contributed by atoms with Crippen LogP contribution >= 0.6 is 12.2 Å². The van der Waals surface area contributed by atoms with Crippen LogP contribution in [0.2, 0.25) is 0 Å². The van der Waals surface area contributed by atoms with E-state index in [1.165, 1.54) is 0 Å². The standard InChI is InChI=1S/C17H26N6S/c1-13(2)22-9-11-23(12-10-22)17(24)20-19-14-6-8-21(3)15-5-4-7-18-16(14)15/h4-5,7,13H,6,8-12H2,1-3H3,(H,20,24)/b19-14-. The van der Waals surface area contributed by atoms with Crippen LogP contribution in [0.15, 0.2) is 23.4 Å². The molecular weight excluding hydrogens is 320 g/mol. The summed E-state index contributed by atoms with van der Waals surface area (Å²) in [6.45, 7) is 9.42. The number of hydrogen-bond acceptors (Lipinski definition) is 5. The van der Waals surface area contributed by atoms with Crippen LogP contribution in [-0.2, 0) is 0 Å². The molecule has 0 unspecified atom stereocenters. The van der Waals surface area contributed by atoms with Gasteiger partial charge < -0.3 is 9.80 Å². The molecule has 1 aromatic rings. The Morgan fingerprint density at radius 3 is 2.71 bits per heavy atom. The van der Waals surface area contributed by atoms with E-state index in [2.05, 4.69) is 57.2 Å². The number of nitrogens with one attached hydrogen (secondary N) is 1. The third kappa shape index (κ3) is 3.67.